The minimum atomic E-state index is 0.584. The molecule has 3 rings (SSSR count). The normalized spacial score (nSPS) is 27.4. The lowest BCUT2D eigenvalue weighted by Gasteiger charge is -2.28. The smallest absolute Gasteiger partial charge is 0.0388 e. The van der Waals surface area contributed by atoms with Gasteiger partial charge in [0.25, 0.3) is 0 Å². The molecule has 2 atom stereocenters. The van der Waals surface area contributed by atoms with Crippen molar-refractivity contribution in [2.45, 2.75) is 51.1 Å². The summed E-state index contributed by atoms with van der Waals surface area (Å²) in [5.74, 6) is 1.60. The van der Waals surface area contributed by atoms with E-state index in [9.17, 15) is 0 Å². The van der Waals surface area contributed by atoms with Gasteiger partial charge in [0.05, 0.1) is 0 Å². The Morgan fingerprint density at radius 2 is 1.85 bits per heavy atom. The monoisotopic (exact) mass is 272 g/mol. The maximum Gasteiger partial charge on any atom is 0.0388 e. The summed E-state index contributed by atoms with van der Waals surface area (Å²) in [4.78, 5) is 2.56. The Hall–Kier alpha value is -0.860. The summed E-state index contributed by atoms with van der Waals surface area (Å²) in [7, 11) is 2.30. The second-order valence-corrected chi connectivity index (χ2v) is 6.94. The van der Waals surface area contributed by atoms with Gasteiger partial charge in [-0.25, -0.2) is 0 Å². The predicted octanol–water partition coefficient (Wildman–Crippen LogP) is 3.55. The molecule has 0 amide bonds. The highest BCUT2D eigenvalue weighted by Crippen LogP contribution is 2.46. The Labute approximate surface area is 123 Å². The van der Waals surface area contributed by atoms with Crippen molar-refractivity contribution in [2.75, 3.05) is 20.1 Å². The lowest BCUT2D eigenvalue weighted by Crippen LogP contribution is -2.32. The van der Waals surface area contributed by atoms with Crippen LogP contribution in [-0.4, -0.2) is 31.1 Å². The molecule has 1 aliphatic carbocycles. The third-order valence-electron chi connectivity index (χ3n) is 4.89. The molecule has 1 aromatic carbocycles. The van der Waals surface area contributed by atoms with Crippen LogP contribution in [0.2, 0.25) is 0 Å². The van der Waals surface area contributed by atoms with Gasteiger partial charge < -0.3 is 5.32 Å². The summed E-state index contributed by atoms with van der Waals surface area (Å²) in [6, 6.07) is 10.4. The van der Waals surface area contributed by atoms with Crippen molar-refractivity contribution in [1.29, 1.82) is 0 Å². The Morgan fingerprint density at radius 1 is 1.15 bits per heavy atom. The Kier molecular flexibility index (Phi) is 4.13. The van der Waals surface area contributed by atoms with Gasteiger partial charge in [-0.3, -0.25) is 4.90 Å². The molecule has 2 nitrogen and oxygen atoms in total. The van der Waals surface area contributed by atoms with Gasteiger partial charge in [0.15, 0.2) is 0 Å². The minimum absolute atomic E-state index is 0.584. The van der Waals surface area contributed by atoms with Gasteiger partial charge >= 0.3 is 0 Å². The molecule has 2 aliphatic rings. The van der Waals surface area contributed by atoms with Crippen molar-refractivity contribution in [3.8, 4) is 0 Å². The van der Waals surface area contributed by atoms with Gasteiger partial charge in [0, 0.05) is 18.6 Å². The number of nitrogens with zero attached hydrogens (tertiary/aromatic N) is 1. The third kappa shape index (κ3) is 2.91. The number of likely N-dealkylation sites (tertiary alicyclic amines) is 1. The van der Waals surface area contributed by atoms with E-state index in [1.165, 1.54) is 25.8 Å². The van der Waals surface area contributed by atoms with E-state index in [1.54, 1.807) is 11.1 Å². The summed E-state index contributed by atoms with van der Waals surface area (Å²) in [6.45, 7) is 6.86. The molecule has 1 aliphatic heterocycles. The van der Waals surface area contributed by atoms with E-state index in [2.05, 4.69) is 55.4 Å². The lowest BCUT2D eigenvalue weighted by molar-refractivity contribution is 0.268. The zero-order valence-electron chi connectivity index (χ0n) is 13.1. The molecular weight excluding hydrogens is 244 g/mol. The minimum Gasteiger partial charge on any atom is -0.314 e. The summed E-state index contributed by atoms with van der Waals surface area (Å²) in [5, 5.41) is 3.65. The van der Waals surface area contributed by atoms with Crippen LogP contribution in [-0.2, 0) is 0 Å². The SMILES string of the molecule is CC(C)NCC1CCN(C)C1c1ccccc1C1CC1. The number of nitrogens with one attached hydrogen (secondary N) is 1. The van der Waals surface area contributed by atoms with E-state index in [-0.39, 0.29) is 0 Å². The number of rotatable bonds is 5. The molecule has 1 saturated heterocycles. The molecule has 0 spiro atoms. The number of benzene rings is 1. The first-order valence-corrected chi connectivity index (χ1v) is 8.19. The van der Waals surface area contributed by atoms with Gasteiger partial charge in [0.2, 0.25) is 0 Å². The molecule has 1 heterocycles. The highest BCUT2D eigenvalue weighted by atomic mass is 15.2. The van der Waals surface area contributed by atoms with Crippen LogP contribution >= 0.6 is 0 Å². The van der Waals surface area contributed by atoms with Crippen LogP contribution in [0.25, 0.3) is 0 Å². The first-order valence-electron chi connectivity index (χ1n) is 8.19. The molecule has 110 valence electrons. The maximum absolute atomic E-state index is 3.65. The van der Waals surface area contributed by atoms with Crippen molar-refractivity contribution >= 4 is 0 Å². The van der Waals surface area contributed by atoms with Crippen LogP contribution in [0.1, 0.15) is 56.2 Å². The molecule has 0 bridgehead atoms. The Balaban J connectivity index is 1.82. The summed E-state index contributed by atoms with van der Waals surface area (Å²) in [6.07, 6.45) is 4.10. The topological polar surface area (TPSA) is 15.3 Å². The Morgan fingerprint density at radius 3 is 2.50 bits per heavy atom. The summed E-state index contributed by atoms with van der Waals surface area (Å²) < 4.78 is 0. The average Bonchev–Trinajstić information content (AvgIpc) is 3.21. The molecule has 2 heteroatoms. The van der Waals surface area contributed by atoms with E-state index in [0.29, 0.717) is 12.1 Å². The van der Waals surface area contributed by atoms with Crippen molar-refractivity contribution in [3.63, 3.8) is 0 Å². The molecule has 0 aromatic heterocycles. The molecule has 2 fully saturated rings. The molecule has 0 radical (unpaired) electrons. The van der Waals surface area contributed by atoms with Gasteiger partial charge in [-0.15, -0.1) is 0 Å². The molecule has 1 aromatic rings. The molecule has 20 heavy (non-hydrogen) atoms. The quantitative estimate of drug-likeness (QED) is 0.882. The van der Waals surface area contributed by atoms with Crippen LogP contribution < -0.4 is 5.32 Å². The fourth-order valence-electron chi connectivity index (χ4n) is 3.66. The van der Waals surface area contributed by atoms with Crippen LogP contribution in [0.15, 0.2) is 24.3 Å². The maximum atomic E-state index is 3.65. The first-order chi connectivity index (χ1) is 9.66. The van der Waals surface area contributed by atoms with Gasteiger partial charge in [-0.1, -0.05) is 38.1 Å². The molecule has 1 saturated carbocycles. The number of hydrogen-bond acceptors (Lipinski definition) is 2. The standard InChI is InChI=1S/C18H28N2/c1-13(2)19-12-15-10-11-20(3)18(15)17-7-5-4-6-16(17)14-8-9-14/h4-7,13-15,18-19H,8-12H2,1-3H3. The van der Waals surface area contributed by atoms with Crippen LogP contribution in [0, 0.1) is 5.92 Å². The predicted molar refractivity (Wildman–Crippen MR) is 85.0 cm³/mol. The van der Waals surface area contributed by atoms with Crippen LogP contribution in [0.4, 0.5) is 0 Å². The second kappa shape index (κ2) is 5.87. The molecular formula is C18H28N2. The lowest BCUT2D eigenvalue weighted by atomic mass is 9.89. The molecule has 1 N–H and O–H groups in total. The van der Waals surface area contributed by atoms with E-state index >= 15 is 0 Å². The average molecular weight is 272 g/mol. The fraction of sp³-hybridized carbons (Fsp3) is 0.667. The number of hydrogen-bond donors (Lipinski definition) is 1. The third-order valence-corrected chi connectivity index (χ3v) is 4.89. The van der Waals surface area contributed by atoms with Gasteiger partial charge in [0.1, 0.15) is 0 Å². The largest absolute Gasteiger partial charge is 0.314 e. The zero-order chi connectivity index (χ0) is 14.1. The summed E-state index contributed by atoms with van der Waals surface area (Å²) in [5.41, 5.74) is 3.23. The van der Waals surface area contributed by atoms with Crippen molar-refractivity contribution in [1.82, 2.24) is 10.2 Å². The first kappa shape index (κ1) is 14.1. The van der Waals surface area contributed by atoms with Gasteiger partial charge in [-0.05, 0) is 55.8 Å². The van der Waals surface area contributed by atoms with E-state index in [1.807, 2.05) is 0 Å². The zero-order valence-corrected chi connectivity index (χ0v) is 13.1. The highest BCUT2D eigenvalue weighted by molar-refractivity contribution is 5.36. The van der Waals surface area contributed by atoms with Crippen LogP contribution in [0.3, 0.4) is 0 Å². The van der Waals surface area contributed by atoms with Gasteiger partial charge in [-0.2, -0.15) is 0 Å². The highest BCUT2D eigenvalue weighted by Gasteiger charge is 2.36. The Bertz CT molecular complexity index is 450. The van der Waals surface area contributed by atoms with E-state index < -0.39 is 0 Å². The van der Waals surface area contributed by atoms with Crippen LogP contribution in [0.5, 0.6) is 0 Å². The van der Waals surface area contributed by atoms with Crippen molar-refractivity contribution in [3.05, 3.63) is 35.4 Å². The second-order valence-electron chi connectivity index (χ2n) is 6.94. The van der Waals surface area contributed by atoms with E-state index in [0.717, 1.165) is 18.4 Å². The van der Waals surface area contributed by atoms with Crippen molar-refractivity contribution in [2.24, 2.45) is 5.92 Å². The summed E-state index contributed by atoms with van der Waals surface area (Å²) >= 11 is 0. The molecule has 2 unspecified atom stereocenters. The van der Waals surface area contributed by atoms with E-state index in [4.69, 9.17) is 0 Å². The fourth-order valence-corrected chi connectivity index (χ4v) is 3.66. The van der Waals surface area contributed by atoms with Crippen molar-refractivity contribution < 1.29 is 0 Å².